The number of aliphatic hydroxyl groups excluding tert-OH is 1. The molecule has 5 heteroatoms. The summed E-state index contributed by atoms with van der Waals surface area (Å²) in [6.07, 6.45) is 5.89. The molecule has 1 saturated carbocycles. The number of carbonyl (C=O) groups excluding carboxylic acids is 1. The van der Waals surface area contributed by atoms with Gasteiger partial charge in [-0.25, -0.2) is 0 Å². The van der Waals surface area contributed by atoms with E-state index in [1.54, 1.807) is 7.11 Å². The maximum absolute atomic E-state index is 12.5. The van der Waals surface area contributed by atoms with Gasteiger partial charge in [-0.3, -0.25) is 4.79 Å². The van der Waals surface area contributed by atoms with Crippen molar-refractivity contribution in [3.05, 3.63) is 29.8 Å². The third-order valence-electron chi connectivity index (χ3n) is 5.28. The number of amides is 1. The fourth-order valence-corrected chi connectivity index (χ4v) is 3.74. The molecule has 2 fully saturated rings. The number of piperidine rings is 1. The Kier molecular flexibility index (Phi) is 5.74. The quantitative estimate of drug-likeness (QED) is 0.888. The molecule has 2 atom stereocenters. The van der Waals surface area contributed by atoms with E-state index in [1.165, 1.54) is 6.42 Å². The third kappa shape index (κ3) is 4.08. The van der Waals surface area contributed by atoms with E-state index in [4.69, 9.17) is 4.74 Å². The van der Waals surface area contributed by atoms with Crippen LogP contribution in [0.3, 0.4) is 0 Å². The van der Waals surface area contributed by atoms with Gasteiger partial charge in [-0.15, -0.1) is 0 Å². The first-order chi connectivity index (χ1) is 11.7. The van der Waals surface area contributed by atoms with Crippen LogP contribution >= 0.6 is 0 Å². The third-order valence-corrected chi connectivity index (χ3v) is 5.28. The van der Waals surface area contributed by atoms with Crippen LogP contribution in [0, 0.1) is 0 Å². The molecule has 2 unspecified atom stereocenters. The first-order valence-electron chi connectivity index (χ1n) is 9.04. The van der Waals surface area contributed by atoms with E-state index in [0.717, 1.165) is 50.9 Å². The number of hydrogen-bond acceptors (Lipinski definition) is 4. The predicted molar refractivity (Wildman–Crippen MR) is 94.4 cm³/mol. The van der Waals surface area contributed by atoms with Gasteiger partial charge in [0.25, 0.3) is 5.91 Å². The van der Waals surface area contributed by atoms with Gasteiger partial charge in [0.1, 0.15) is 0 Å². The highest BCUT2D eigenvalue weighted by molar-refractivity contribution is 5.94. The summed E-state index contributed by atoms with van der Waals surface area (Å²) in [5.41, 5.74) is 1.81. The lowest BCUT2D eigenvalue weighted by Crippen LogP contribution is -2.45. The summed E-state index contributed by atoms with van der Waals surface area (Å²) < 4.78 is 5.51. The Morgan fingerprint density at radius 3 is 2.46 bits per heavy atom. The molecule has 24 heavy (non-hydrogen) atoms. The van der Waals surface area contributed by atoms with Crippen LogP contribution in [0.5, 0.6) is 0 Å². The van der Waals surface area contributed by atoms with Crippen LogP contribution in [0.2, 0.25) is 0 Å². The van der Waals surface area contributed by atoms with Gasteiger partial charge in [-0.2, -0.15) is 0 Å². The number of anilines is 1. The first-order valence-corrected chi connectivity index (χ1v) is 9.04. The molecule has 1 aliphatic heterocycles. The number of nitrogens with zero attached hydrogens (tertiary/aromatic N) is 1. The molecule has 1 amide bonds. The zero-order chi connectivity index (χ0) is 16.9. The molecule has 1 aromatic carbocycles. The van der Waals surface area contributed by atoms with E-state index in [-0.39, 0.29) is 24.2 Å². The molecular formula is C19H28N2O3. The highest BCUT2D eigenvalue weighted by Gasteiger charge is 2.26. The van der Waals surface area contributed by atoms with Crippen molar-refractivity contribution >= 4 is 11.6 Å². The Morgan fingerprint density at radius 2 is 1.79 bits per heavy atom. The molecule has 2 N–H and O–H groups in total. The van der Waals surface area contributed by atoms with Crippen LogP contribution < -0.4 is 10.2 Å². The van der Waals surface area contributed by atoms with E-state index in [1.807, 2.05) is 24.3 Å². The van der Waals surface area contributed by atoms with Crippen molar-refractivity contribution in [2.75, 3.05) is 25.1 Å². The average molecular weight is 332 g/mol. The van der Waals surface area contributed by atoms with Gasteiger partial charge in [0.2, 0.25) is 0 Å². The lowest BCUT2D eigenvalue weighted by Gasteiger charge is -2.32. The van der Waals surface area contributed by atoms with Crippen molar-refractivity contribution in [1.29, 1.82) is 0 Å². The first kappa shape index (κ1) is 17.2. The van der Waals surface area contributed by atoms with Gasteiger partial charge in [-0.1, -0.05) is 12.8 Å². The SMILES string of the molecule is COC1CCCCC1NC(=O)c1ccc(N2CCC(O)CC2)cc1. The normalized spacial score (nSPS) is 25.5. The Bertz CT molecular complexity index is 538. The Balaban J connectivity index is 1.59. The van der Waals surface area contributed by atoms with Gasteiger partial charge in [-0.05, 0) is 49.9 Å². The number of nitrogens with one attached hydrogen (secondary N) is 1. The van der Waals surface area contributed by atoms with E-state index in [2.05, 4.69) is 10.2 Å². The number of benzene rings is 1. The minimum absolute atomic E-state index is 0.0235. The van der Waals surface area contributed by atoms with Gasteiger partial charge < -0.3 is 20.1 Å². The Labute approximate surface area is 144 Å². The smallest absolute Gasteiger partial charge is 0.251 e. The number of carbonyl (C=O) groups is 1. The summed E-state index contributed by atoms with van der Waals surface area (Å²) in [7, 11) is 1.72. The highest BCUT2D eigenvalue weighted by Crippen LogP contribution is 2.23. The van der Waals surface area contributed by atoms with Gasteiger partial charge >= 0.3 is 0 Å². The van der Waals surface area contributed by atoms with Crippen LogP contribution in [0.4, 0.5) is 5.69 Å². The Hall–Kier alpha value is -1.59. The van der Waals surface area contributed by atoms with E-state index >= 15 is 0 Å². The molecule has 1 saturated heterocycles. The second kappa shape index (κ2) is 7.99. The summed E-state index contributed by atoms with van der Waals surface area (Å²) in [6.45, 7) is 1.73. The van der Waals surface area contributed by atoms with Crippen molar-refractivity contribution in [1.82, 2.24) is 5.32 Å². The van der Waals surface area contributed by atoms with E-state index in [9.17, 15) is 9.90 Å². The summed E-state index contributed by atoms with van der Waals surface area (Å²) in [5, 5.41) is 12.7. The number of methoxy groups -OCH3 is 1. The lowest BCUT2D eigenvalue weighted by atomic mass is 9.92. The molecule has 132 valence electrons. The van der Waals surface area contributed by atoms with Gasteiger partial charge in [0.05, 0.1) is 18.2 Å². The number of rotatable bonds is 4. The molecule has 0 radical (unpaired) electrons. The van der Waals surface area contributed by atoms with Crippen molar-refractivity contribution in [3.63, 3.8) is 0 Å². The molecule has 0 spiro atoms. The standard InChI is InChI=1S/C19H28N2O3/c1-24-18-5-3-2-4-17(18)20-19(23)14-6-8-15(9-7-14)21-12-10-16(22)11-13-21/h6-9,16-18,22H,2-5,10-13H2,1H3,(H,20,23). The fraction of sp³-hybridized carbons (Fsp3) is 0.632. The number of hydrogen-bond donors (Lipinski definition) is 2. The molecule has 1 heterocycles. The second-order valence-electron chi connectivity index (χ2n) is 6.90. The molecule has 2 aliphatic rings. The van der Waals surface area contributed by atoms with Crippen molar-refractivity contribution in [2.45, 2.75) is 56.8 Å². The minimum atomic E-state index is -0.171. The van der Waals surface area contributed by atoms with Gasteiger partial charge in [0.15, 0.2) is 0 Å². The van der Waals surface area contributed by atoms with Crippen LogP contribution in [0.1, 0.15) is 48.9 Å². The monoisotopic (exact) mass is 332 g/mol. The van der Waals surface area contributed by atoms with Crippen LogP contribution in [-0.4, -0.2) is 49.5 Å². The lowest BCUT2D eigenvalue weighted by molar-refractivity contribution is 0.0392. The molecule has 5 nitrogen and oxygen atoms in total. The van der Waals surface area contributed by atoms with E-state index < -0.39 is 0 Å². The maximum atomic E-state index is 12.5. The molecule has 0 aromatic heterocycles. The molecule has 1 aromatic rings. The summed E-state index contributed by atoms with van der Waals surface area (Å²) in [6, 6.07) is 7.89. The fourth-order valence-electron chi connectivity index (χ4n) is 3.74. The van der Waals surface area contributed by atoms with Crippen molar-refractivity contribution in [3.8, 4) is 0 Å². The van der Waals surface area contributed by atoms with Crippen LogP contribution in [0.15, 0.2) is 24.3 Å². The van der Waals surface area contributed by atoms with Crippen LogP contribution in [0.25, 0.3) is 0 Å². The summed E-state index contributed by atoms with van der Waals surface area (Å²) in [5.74, 6) is -0.0235. The highest BCUT2D eigenvalue weighted by atomic mass is 16.5. The van der Waals surface area contributed by atoms with Gasteiger partial charge in [0, 0.05) is 31.5 Å². The molecule has 0 bridgehead atoms. The number of aliphatic hydroxyl groups is 1. The largest absolute Gasteiger partial charge is 0.393 e. The van der Waals surface area contributed by atoms with Crippen molar-refractivity contribution < 1.29 is 14.6 Å². The van der Waals surface area contributed by atoms with Crippen LogP contribution in [-0.2, 0) is 4.74 Å². The zero-order valence-electron chi connectivity index (χ0n) is 14.4. The predicted octanol–water partition coefficient (Wildman–Crippen LogP) is 2.34. The molecule has 1 aliphatic carbocycles. The summed E-state index contributed by atoms with van der Waals surface area (Å²) in [4.78, 5) is 14.8. The van der Waals surface area contributed by atoms with E-state index in [0.29, 0.717) is 5.56 Å². The van der Waals surface area contributed by atoms with Crippen molar-refractivity contribution in [2.24, 2.45) is 0 Å². The maximum Gasteiger partial charge on any atom is 0.251 e. The minimum Gasteiger partial charge on any atom is -0.393 e. The second-order valence-corrected chi connectivity index (χ2v) is 6.90. The zero-order valence-corrected chi connectivity index (χ0v) is 14.4. The molecular weight excluding hydrogens is 304 g/mol. The number of ether oxygens (including phenoxy) is 1. The topological polar surface area (TPSA) is 61.8 Å². The molecule has 3 rings (SSSR count). The summed E-state index contributed by atoms with van der Waals surface area (Å²) >= 11 is 0. The average Bonchev–Trinajstić information content (AvgIpc) is 2.63. The Morgan fingerprint density at radius 1 is 1.12 bits per heavy atom.